The SMILES string of the molecule is CC.CC(=O)Nc1ccc(SC(C)(C)C)nc1.Cc1ccccc1.[HH]. The first-order valence-electron chi connectivity index (χ1n) is 8.20. The number of aromatic nitrogens is 1. The third-order valence-corrected chi connectivity index (χ3v) is 3.47. The summed E-state index contributed by atoms with van der Waals surface area (Å²) in [4.78, 5) is 15.0. The molecule has 0 unspecified atom stereocenters. The molecule has 4 heteroatoms. The van der Waals surface area contributed by atoms with Crippen LogP contribution < -0.4 is 5.32 Å². The highest BCUT2D eigenvalue weighted by Crippen LogP contribution is 2.30. The Morgan fingerprint density at radius 2 is 1.67 bits per heavy atom. The molecule has 1 N–H and O–H groups in total. The van der Waals surface area contributed by atoms with Crippen LogP contribution in [0.1, 0.15) is 48.5 Å². The van der Waals surface area contributed by atoms with Crippen molar-refractivity contribution in [3.05, 3.63) is 54.2 Å². The minimum atomic E-state index is -0.0759. The molecule has 0 aliphatic heterocycles. The van der Waals surface area contributed by atoms with E-state index in [2.05, 4.69) is 50.1 Å². The summed E-state index contributed by atoms with van der Waals surface area (Å²) in [5, 5.41) is 3.65. The summed E-state index contributed by atoms with van der Waals surface area (Å²) in [7, 11) is 0. The van der Waals surface area contributed by atoms with E-state index >= 15 is 0 Å². The fourth-order valence-electron chi connectivity index (χ4n) is 1.57. The normalized spacial score (nSPS) is 9.79. The Balaban J connectivity index is 0. The topological polar surface area (TPSA) is 42.0 Å². The molecule has 0 saturated heterocycles. The van der Waals surface area contributed by atoms with E-state index in [-0.39, 0.29) is 12.1 Å². The fraction of sp³-hybridized carbons (Fsp3) is 0.400. The molecule has 3 nitrogen and oxygen atoms in total. The highest BCUT2D eigenvalue weighted by Gasteiger charge is 2.12. The van der Waals surface area contributed by atoms with Crippen LogP contribution in [0.25, 0.3) is 0 Å². The number of aryl methyl sites for hydroxylation is 1. The maximum atomic E-state index is 10.8. The summed E-state index contributed by atoms with van der Waals surface area (Å²) < 4.78 is 0.155. The molecule has 1 amide bonds. The van der Waals surface area contributed by atoms with Crippen LogP contribution in [0.4, 0.5) is 5.69 Å². The molecule has 0 fully saturated rings. The summed E-state index contributed by atoms with van der Waals surface area (Å²) >= 11 is 1.70. The number of pyridine rings is 1. The van der Waals surface area contributed by atoms with Crippen molar-refractivity contribution in [3.63, 3.8) is 0 Å². The Morgan fingerprint density at radius 1 is 1.08 bits per heavy atom. The van der Waals surface area contributed by atoms with Crippen molar-refractivity contribution in [3.8, 4) is 0 Å². The van der Waals surface area contributed by atoms with Crippen molar-refractivity contribution in [1.29, 1.82) is 0 Å². The van der Waals surface area contributed by atoms with E-state index < -0.39 is 0 Å². The second-order valence-electron chi connectivity index (χ2n) is 5.94. The van der Waals surface area contributed by atoms with Crippen LogP contribution in [-0.4, -0.2) is 15.6 Å². The highest BCUT2D eigenvalue weighted by molar-refractivity contribution is 8.00. The summed E-state index contributed by atoms with van der Waals surface area (Å²) in [5.74, 6) is -0.0759. The second kappa shape index (κ2) is 11.7. The molecule has 2 rings (SSSR count). The van der Waals surface area contributed by atoms with Crippen LogP contribution in [0.5, 0.6) is 0 Å². The smallest absolute Gasteiger partial charge is 0.221 e. The number of carbonyl (C=O) groups excluding carboxylic acids is 1. The number of rotatable bonds is 2. The van der Waals surface area contributed by atoms with Gasteiger partial charge in [-0.1, -0.05) is 70.5 Å². The van der Waals surface area contributed by atoms with E-state index in [4.69, 9.17) is 0 Å². The minimum Gasteiger partial charge on any atom is -0.325 e. The molecule has 0 saturated carbocycles. The highest BCUT2D eigenvalue weighted by atomic mass is 32.2. The van der Waals surface area contributed by atoms with Crippen molar-refractivity contribution in [2.45, 2.75) is 58.2 Å². The number of thioether (sulfide) groups is 1. The Hall–Kier alpha value is -1.81. The molecular weight excluding hydrogens is 316 g/mol. The largest absolute Gasteiger partial charge is 0.325 e. The fourth-order valence-corrected chi connectivity index (χ4v) is 2.43. The van der Waals surface area contributed by atoms with Gasteiger partial charge in [-0.3, -0.25) is 4.79 Å². The van der Waals surface area contributed by atoms with Gasteiger partial charge in [-0.15, -0.1) is 11.8 Å². The van der Waals surface area contributed by atoms with E-state index in [9.17, 15) is 4.79 Å². The van der Waals surface area contributed by atoms with Crippen LogP contribution in [-0.2, 0) is 4.79 Å². The molecule has 0 bridgehead atoms. The summed E-state index contributed by atoms with van der Waals surface area (Å²) in [6.45, 7) is 14.0. The van der Waals surface area contributed by atoms with Crippen LogP contribution in [0, 0.1) is 6.92 Å². The first kappa shape index (κ1) is 22.2. The number of carbonyl (C=O) groups is 1. The predicted octanol–water partition coefficient (Wildman–Crippen LogP) is 6.20. The Morgan fingerprint density at radius 3 is 2.00 bits per heavy atom. The van der Waals surface area contributed by atoms with Crippen LogP contribution in [0.15, 0.2) is 53.7 Å². The molecule has 0 aliphatic rings. The second-order valence-corrected chi connectivity index (χ2v) is 7.78. The van der Waals surface area contributed by atoms with Gasteiger partial charge in [0.1, 0.15) is 0 Å². The number of amides is 1. The van der Waals surface area contributed by atoms with E-state index in [1.54, 1.807) is 18.0 Å². The molecular formula is C20H32N2OS. The lowest BCUT2D eigenvalue weighted by Crippen LogP contribution is -2.08. The van der Waals surface area contributed by atoms with Crippen molar-refractivity contribution < 1.29 is 6.22 Å². The minimum absolute atomic E-state index is 0. The van der Waals surface area contributed by atoms with E-state index in [1.165, 1.54) is 12.5 Å². The van der Waals surface area contributed by atoms with Gasteiger partial charge in [-0.05, 0) is 19.1 Å². The summed E-state index contributed by atoms with van der Waals surface area (Å²) in [6.07, 6.45) is 1.68. The van der Waals surface area contributed by atoms with Crippen LogP contribution in [0.3, 0.4) is 0 Å². The number of anilines is 1. The zero-order chi connectivity index (χ0) is 18.6. The molecule has 0 spiro atoms. The maximum absolute atomic E-state index is 10.8. The van der Waals surface area contributed by atoms with E-state index in [0.717, 1.165) is 10.7 Å². The van der Waals surface area contributed by atoms with Gasteiger partial charge in [-0.25, -0.2) is 4.98 Å². The Kier molecular flexibility index (Phi) is 10.8. The number of benzene rings is 1. The zero-order valence-electron chi connectivity index (χ0n) is 15.9. The van der Waals surface area contributed by atoms with Gasteiger partial charge in [0.15, 0.2) is 0 Å². The summed E-state index contributed by atoms with van der Waals surface area (Å²) in [6, 6.07) is 14.0. The average Bonchev–Trinajstić information content (AvgIpc) is 2.51. The first-order valence-corrected chi connectivity index (χ1v) is 9.02. The molecule has 0 aliphatic carbocycles. The number of hydrogen-bond donors (Lipinski definition) is 1. The third kappa shape index (κ3) is 11.7. The monoisotopic (exact) mass is 348 g/mol. The molecule has 1 aromatic carbocycles. The van der Waals surface area contributed by atoms with Gasteiger partial charge < -0.3 is 5.32 Å². The Labute approximate surface area is 152 Å². The van der Waals surface area contributed by atoms with E-state index in [1.807, 2.05) is 44.2 Å². The van der Waals surface area contributed by atoms with Gasteiger partial charge in [0.05, 0.1) is 16.9 Å². The predicted molar refractivity (Wildman–Crippen MR) is 109 cm³/mol. The van der Waals surface area contributed by atoms with Gasteiger partial charge in [0, 0.05) is 13.1 Å². The molecule has 2 aromatic rings. The lowest BCUT2D eigenvalue weighted by atomic mass is 10.2. The van der Waals surface area contributed by atoms with Gasteiger partial charge in [0.2, 0.25) is 5.91 Å². The third-order valence-electron chi connectivity index (χ3n) is 2.41. The molecule has 0 radical (unpaired) electrons. The molecule has 0 atom stereocenters. The maximum Gasteiger partial charge on any atom is 0.221 e. The van der Waals surface area contributed by atoms with Crippen molar-refractivity contribution in [1.82, 2.24) is 4.98 Å². The van der Waals surface area contributed by atoms with Crippen LogP contribution in [0.2, 0.25) is 0 Å². The lowest BCUT2D eigenvalue weighted by molar-refractivity contribution is -0.114. The lowest BCUT2D eigenvalue weighted by Gasteiger charge is -2.16. The molecule has 1 aromatic heterocycles. The summed E-state index contributed by atoms with van der Waals surface area (Å²) in [5.41, 5.74) is 2.06. The molecule has 134 valence electrons. The number of hydrogen-bond acceptors (Lipinski definition) is 3. The first-order chi connectivity index (χ1) is 11.3. The standard InChI is InChI=1S/C11H16N2OS.C7H8.C2H6.H2/c1-8(14)13-9-5-6-10(12-7-9)15-11(2,3)4;1-7-5-3-2-4-6-7;1-2;/h5-7H,1-4H3,(H,13,14);2-6H,1H3;1-2H3;1H. The number of nitrogens with one attached hydrogen (secondary N) is 1. The molecule has 24 heavy (non-hydrogen) atoms. The average molecular weight is 349 g/mol. The zero-order valence-corrected chi connectivity index (χ0v) is 16.7. The van der Waals surface area contributed by atoms with Crippen LogP contribution >= 0.6 is 11.8 Å². The van der Waals surface area contributed by atoms with Crippen molar-refractivity contribution in [2.75, 3.05) is 5.32 Å². The van der Waals surface area contributed by atoms with Gasteiger partial charge >= 0.3 is 0 Å². The number of nitrogens with zero attached hydrogens (tertiary/aromatic N) is 1. The quantitative estimate of drug-likeness (QED) is 0.657. The van der Waals surface area contributed by atoms with Crippen molar-refractivity contribution >= 4 is 23.4 Å². The van der Waals surface area contributed by atoms with E-state index in [0.29, 0.717) is 0 Å². The van der Waals surface area contributed by atoms with Gasteiger partial charge in [-0.2, -0.15) is 0 Å². The molecule has 1 heterocycles. The van der Waals surface area contributed by atoms with Crippen molar-refractivity contribution in [2.24, 2.45) is 0 Å². The van der Waals surface area contributed by atoms with Gasteiger partial charge in [0.25, 0.3) is 0 Å². The Bertz CT molecular complexity index is 581.